The maximum atomic E-state index is 12.1. The van der Waals surface area contributed by atoms with Gasteiger partial charge in [0.1, 0.15) is 5.60 Å². The molecule has 20 heavy (non-hydrogen) atoms. The van der Waals surface area contributed by atoms with E-state index in [1.54, 1.807) is 4.90 Å². The molecule has 1 amide bonds. The Hall–Kier alpha value is -1.56. The number of carbonyl (C=O) groups excluding carboxylic acids is 1. The Kier molecular flexibility index (Phi) is 3.20. The SMILES string of the molecule is CC(C)(C)OC(=O)N1CCc2c(cnn2C2CNC2)C1. The van der Waals surface area contributed by atoms with E-state index in [1.165, 1.54) is 5.69 Å². The Balaban J connectivity index is 1.70. The van der Waals surface area contributed by atoms with Gasteiger partial charge in [-0.15, -0.1) is 0 Å². The van der Waals surface area contributed by atoms with Crippen molar-refractivity contribution in [3.8, 4) is 0 Å². The van der Waals surface area contributed by atoms with E-state index in [0.29, 0.717) is 19.1 Å². The lowest BCUT2D eigenvalue weighted by Crippen LogP contribution is -2.45. The molecule has 1 fully saturated rings. The first-order chi connectivity index (χ1) is 9.44. The van der Waals surface area contributed by atoms with Gasteiger partial charge in [-0.1, -0.05) is 0 Å². The average molecular weight is 278 g/mol. The number of aromatic nitrogens is 2. The third kappa shape index (κ3) is 2.52. The Morgan fingerprint density at radius 2 is 2.20 bits per heavy atom. The van der Waals surface area contributed by atoms with Crippen molar-refractivity contribution in [2.24, 2.45) is 0 Å². The largest absolute Gasteiger partial charge is 0.444 e. The van der Waals surface area contributed by atoms with Gasteiger partial charge in [-0.3, -0.25) is 4.68 Å². The van der Waals surface area contributed by atoms with Crippen molar-refractivity contribution < 1.29 is 9.53 Å². The summed E-state index contributed by atoms with van der Waals surface area (Å²) in [5.41, 5.74) is 1.98. The minimum atomic E-state index is -0.445. The molecule has 1 saturated heterocycles. The van der Waals surface area contributed by atoms with E-state index in [9.17, 15) is 4.79 Å². The van der Waals surface area contributed by atoms with E-state index in [1.807, 2.05) is 27.0 Å². The zero-order chi connectivity index (χ0) is 14.3. The van der Waals surface area contributed by atoms with E-state index < -0.39 is 5.60 Å². The van der Waals surface area contributed by atoms with Crippen LogP contribution in [0.5, 0.6) is 0 Å². The first-order valence-corrected chi connectivity index (χ1v) is 7.18. The van der Waals surface area contributed by atoms with E-state index in [4.69, 9.17) is 4.74 Å². The number of amides is 1. The molecular formula is C14H22N4O2. The standard InChI is InChI=1S/C14H22N4O2/c1-14(2,3)20-13(19)17-5-4-12-10(9-17)6-16-18(12)11-7-15-8-11/h6,11,15H,4-5,7-9H2,1-3H3. The number of hydrogen-bond donors (Lipinski definition) is 1. The van der Waals surface area contributed by atoms with Gasteiger partial charge in [-0.2, -0.15) is 5.10 Å². The van der Waals surface area contributed by atoms with Crippen LogP contribution in [-0.4, -0.2) is 46.0 Å². The molecule has 1 aromatic heterocycles. The smallest absolute Gasteiger partial charge is 0.410 e. The lowest BCUT2D eigenvalue weighted by Gasteiger charge is -2.33. The van der Waals surface area contributed by atoms with Crippen molar-refractivity contribution in [2.75, 3.05) is 19.6 Å². The molecule has 3 rings (SSSR count). The monoisotopic (exact) mass is 278 g/mol. The lowest BCUT2D eigenvalue weighted by atomic mass is 10.1. The van der Waals surface area contributed by atoms with Crippen LogP contribution in [0.2, 0.25) is 0 Å². The quantitative estimate of drug-likeness (QED) is 0.841. The summed E-state index contributed by atoms with van der Waals surface area (Å²) in [5.74, 6) is 0. The van der Waals surface area contributed by atoms with Crippen LogP contribution in [-0.2, 0) is 17.7 Å². The Morgan fingerprint density at radius 3 is 2.80 bits per heavy atom. The fourth-order valence-corrected chi connectivity index (χ4v) is 2.60. The summed E-state index contributed by atoms with van der Waals surface area (Å²) in [7, 11) is 0. The molecule has 6 nitrogen and oxygen atoms in total. The lowest BCUT2D eigenvalue weighted by molar-refractivity contribution is 0.0222. The Morgan fingerprint density at radius 1 is 1.45 bits per heavy atom. The second-order valence-electron chi connectivity index (χ2n) is 6.53. The van der Waals surface area contributed by atoms with Crippen molar-refractivity contribution in [3.63, 3.8) is 0 Å². The molecule has 3 heterocycles. The highest BCUT2D eigenvalue weighted by Crippen LogP contribution is 2.24. The van der Waals surface area contributed by atoms with Crippen molar-refractivity contribution in [1.29, 1.82) is 0 Å². The molecule has 2 aliphatic rings. The molecule has 0 radical (unpaired) electrons. The predicted octanol–water partition coefficient (Wildman–Crippen LogP) is 1.32. The van der Waals surface area contributed by atoms with Gasteiger partial charge in [0.2, 0.25) is 0 Å². The number of carbonyl (C=O) groups is 1. The highest BCUT2D eigenvalue weighted by atomic mass is 16.6. The van der Waals surface area contributed by atoms with Gasteiger partial charge >= 0.3 is 6.09 Å². The van der Waals surface area contributed by atoms with Crippen molar-refractivity contribution in [1.82, 2.24) is 20.0 Å². The second kappa shape index (κ2) is 4.77. The van der Waals surface area contributed by atoms with Crippen molar-refractivity contribution in [2.45, 2.75) is 45.4 Å². The fraction of sp³-hybridized carbons (Fsp3) is 0.714. The summed E-state index contributed by atoms with van der Waals surface area (Å²) in [6.45, 7) is 8.96. The third-order valence-corrected chi connectivity index (χ3v) is 3.72. The molecule has 0 spiro atoms. The Bertz CT molecular complexity index is 514. The molecule has 1 aromatic rings. The van der Waals surface area contributed by atoms with Crippen LogP contribution < -0.4 is 5.32 Å². The summed E-state index contributed by atoms with van der Waals surface area (Å²) in [6.07, 6.45) is 2.51. The highest BCUT2D eigenvalue weighted by Gasteiger charge is 2.30. The van der Waals surface area contributed by atoms with Gasteiger partial charge in [0.05, 0.1) is 18.8 Å². The molecule has 0 aromatic carbocycles. The van der Waals surface area contributed by atoms with Crippen molar-refractivity contribution in [3.05, 3.63) is 17.5 Å². The summed E-state index contributed by atoms with van der Waals surface area (Å²) < 4.78 is 7.55. The molecule has 1 N–H and O–H groups in total. The maximum Gasteiger partial charge on any atom is 0.410 e. The number of hydrogen-bond acceptors (Lipinski definition) is 4. The van der Waals surface area contributed by atoms with Gasteiger partial charge < -0.3 is 15.0 Å². The normalized spacial score (nSPS) is 19.4. The number of nitrogens with zero attached hydrogens (tertiary/aromatic N) is 3. The number of nitrogens with one attached hydrogen (secondary N) is 1. The number of fused-ring (bicyclic) bond motifs is 1. The van der Waals surface area contributed by atoms with Crippen LogP contribution in [0.3, 0.4) is 0 Å². The predicted molar refractivity (Wildman–Crippen MR) is 74.5 cm³/mol. The van der Waals surface area contributed by atoms with Gasteiger partial charge in [0.15, 0.2) is 0 Å². The highest BCUT2D eigenvalue weighted by molar-refractivity contribution is 5.68. The molecule has 0 bridgehead atoms. The van der Waals surface area contributed by atoms with Crippen LogP contribution in [0.15, 0.2) is 6.20 Å². The van der Waals surface area contributed by atoms with Crippen LogP contribution in [0.4, 0.5) is 4.79 Å². The fourth-order valence-electron chi connectivity index (χ4n) is 2.60. The van der Waals surface area contributed by atoms with Gasteiger partial charge in [-0.05, 0) is 20.8 Å². The summed E-state index contributed by atoms with van der Waals surface area (Å²) in [6, 6.07) is 0.479. The first-order valence-electron chi connectivity index (χ1n) is 7.18. The molecule has 0 aliphatic carbocycles. The molecule has 2 aliphatic heterocycles. The molecule has 0 atom stereocenters. The number of ether oxygens (including phenoxy) is 1. The van der Waals surface area contributed by atoms with Crippen LogP contribution in [0.25, 0.3) is 0 Å². The van der Waals surface area contributed by atoms with Crippen molar-refractivity contribution >= 4 is 6.09 Å². The zero-order valence-corrected chi connectivity index (χ0v) is 12.3. The zero-order valence-electron chi connectivity index (χ0n) is 12.3. The summed E-state index contributed by atoms with van der Waals surface area (Å²) in [5, 5.41) is 7.75. The first kappa shape index (κ1) is 13.4. The maximum absolute atomic E-state index is 12.1. The topological polar surface area (TPSA) is 59.4 Å². The minimum Gasteiger partial charge on any atom is -0.444 e. The van der Waals surface area contributed by atoms with Crippen LogP contribution >= 0.6 is 0 Å². The molecule has 0 unspecified atom stereocenters. The van der Waals surface area contributed by atoms with Gasteiger partial charge in [-0.25, -0.2) is 4.79 Å². The van der Waals surface area contributed by atoms with Gasteiger partial charge in [0, 0.05) is 37.3 Å². The van der Waals surface area contributed by atoms with E-state index >= 15 is 0 Å². The molecule has 0 saturated carbocycles. The molecular weight excluding hydrogens is 256 g/mol. The van der Waals surface area contributed by atoms with Gasteiger partial charge in [0.25, 0.3) is 0 Å². The van der Waals surface area contributed by atoms with Crippen LogP contribution in [0, 0.1) is 0 Å². The summed E-state index contributed by atoms with van der Waals surface area (Å²) >= 11 is 0. The Labute approximate surface area is 119 Å². The third-order valence-electron chi connectivity index (χ3n) is 3.72. The van der Waals surface area contributed by atoms with E-state index in [-0.39, 0.29) is 6.09 Å². The molecule has 6 heteroatoms. The minimum absolute atomic E-state index is 0.235. The molecule has 110 valence electrons. The average Bonchev–Trinajstić information content (AvgIpc) is 2.68. The van der Waals surface area contributed by atoms with E-state index in [0.717, 1.165) is 25.1 Å². The summed E-state index contributed by atoms with van der Waals surface area (Å²) in [4.78, 5) is 13.9. The second-order valence-corrected chi connectivity index (χ2v) is 6.53. The van der Waals surface area contributed by atoms with Crippen LogP contribution in [0.1, 0.15) is 38.1 Å². The van der Waals surface area contributed by atoms with E-state index in [2.05, 4.69) is 15.1 Å². The number of rotatable bonds is 1.